The van der Waals surface area contributed by atoms with Crippen LogP contribution in [-0.2, 0) is 4.79 Å². The Kier molecular flexibility index (Phi) is 5.81. The van der Waals surface area contributed by atoms with Gasteiger partial charge in [0.25, 0.3) is 0 Å². The van der Waals surface area contributed by atoms with E-state index < -0.39 is 0 Å². The van der Waals surface area contributed by atoms with Crippen LogP contribution in [0.15, 0.2) is 0 Å². The molecular formula is C15H30N4O. The molecule has 2 rings (SSSR count). The molecule has 0 radical (unpaired) electrons. The van der Waals surface area contributed by atoms with Crippen LogP contribution in [0.2, 0.25) is 0 Å². The molecule has 1 atom stereocenters. The van der Waals surface area contributed by atoms with Gasteiger partial charge in [0, 0.05) is 26.2 Å². The predicted octanol–water partition coefficient (Wildman–Crippen LogP) is 0.223. The van der Waals surface area contributed by atoms with E-state index in [1.807, 2.05) is 11.9 Å². The van der Waals surface area contributed by atoms with Gasteiger partial charge in [0.15, 0.2) is 0 Å². The summed E-state index contributed by atoms with van der Waals surface area (Å²) < 4.78 is 0. The molecule has 0 bridgehead atoms. The van der Waals surface area contributed by atoms with Crippen LogP contribution in [0.5, 0.6) is 0 Å². The van der Waals surface area contributed by atoms with E-state index in [0.29, 0.717) is 11.9 Å². The van der Waals surface area contributed by atoms with Gasteiger partial charge in [0.1, 0.15) is 0 Å². The van der Waals surface area contributed by atoms with Crippen molar-refractivity contribution >= 4 is 5.91 Å². The second kappa shape index (κ2) is 7.38. The van der Waals surface area contributed by atoms with Gasteiger partial charge in [-0.05, 0) is 59.4 Å². The predicted molar refractivity (Wildman–Crippen MR) is 81.8 cm³/mol. The molecule has 1 N–H and O–H groups in total. The molecule has 1 amide bonds. The molecule has 0 aromatic heterocycles. The second-order valence-corrected chi connectivity index (χ2v) is 6.44. The maximum atomic E-state index is 12.7. The van der Waals surface area contributed by atoms with Crippen LogP contribution >= 0.6 is 0 Å². The lowest BCUT2D eigenvalue weighted by Gasteiger charge is -2.36. The maximum Gasteiger partial charge on any atom is 0.239 e. The molecule has 1 unspecified atom stereocenters. The van der Waals surface area contributed by atoms with E-state index in [0.717, 1.165) is 39.1 Å². The standard InChI is InChI=1S/C15H30N4O/c1-17(2)11-12-18(3)15(20)14-5-4-10-19(14)13-6-8-16-9-7-13/h13-14,16H,4-12H2,1-3H3. The summed E-state index contributed by atoms with van der Waals surface area (Å²) in [4.78, 5) is 19.2. The molecular weight excluding hydrogens is 252 g/mol. The van der Waals surface area contributed by atoms with Crippen molar-refractivity contribution < 1.29 is 4.79 Å². The SMILES string of the molecule is CN(C)CCN(C)C(=O)C1CCCN1C1CCNCC1. The molecule has 0 saturated carbocycles. The Morgan fingerprint density at radius 3 is 2.50 bits per heavy atom. The van der Waals surface area contributed by atoms with Crippen molar-refractivity contribution in [1.82, 2.24) is 20.0 Å². The summed E-state index contributed by atoms with van der Waals surface area (Å²) in [5.74, 6) is 0.322. The van der Waals surface area contributed by atoms with Crippen LogP contribution in [0, 0.1) is 0 Å². The van der Waals surface area contributed by atoms with Gasteiger partial charge in [-0.1, -0.05) is 0 Å². The van der Waals surface area contributed by atoms with Crippen LogP contribution in [-0.4, -0.2) is 86.6 Å². The molecule has 0 spiro atoms. The van der Waals surface area contributed by atoms with Crippen LogP contribution in [0.25, 0.3) is 0 Å². The number of carbonyl (C=O) groups is 1. The van der Waals surface area contributed by atoms with Crippen molar-refractivity contribution in [1.29, 1.82) is 0 Å². The zero-order valence-electron chi connectivity index (χ0n) is 13.3. The average Bonchev–Trinajstić information content (AvgIpc) is 2.94. The number of piperidine rings is 1. The van der Waals surface area contributed by atoms with E-state index in [9.17, 15) is 4.79 Å². The van der Waals surface area contributed by atoms with Gasteiger partial charge in [-0.15, -0.1) is 0 Å². The second-order valence-electron chi connectivity index (χ2n) is 6.44. The number of amides is 1. The number of hydrogen-bond acceptors (Lipinski definition) is 4. The molecule has 2 heterocycles. The van der Waals surface area contributed by atoms with Gasteiger partial charge in [-0.3, -0.25) is 9.69 Å². The smallest absolute Gasteiger partial charge is 0.239 e. The van der Waals surface area contributed by atoms with E-state index in [1.54, 1.807) is 0 Å². The lowest BCUT2D eigenvalue weighted by atomic mass is 10.0. The van der Waals surface area contributed by atoms with Gasteiger partial charge in [-0.25, -0.2) is 0 Å². The Bertz CT molecular complexity index is 315. The van der Waals surface area contributed by atoms with Crippen molar-refractivity contribution in [3.63, 3.8) is 0 Å². The van der Waals surface area contributed by atoms with Crippen molar-refractivity contribution in [2.24, 2.45) is 0 Å². The quantitative estimate of drug-likeness (QED) is 0.783. The number of likely N-dealkylation sites (tertiary alicyclic amines) is 1. The number of likely N-dealkylation sites (N-methyl/N-ethyl adjacent to an activating group) is 2. The van der Waals surface area contributed by atoms with E-state index in [4.69, 9.17) is 0 Å². The minimum Gasteiger partial charge on any atom is -0.343 e. The van der Waals surface area contributed by atoms with Crippen molar-refractivity contribution in [3.05, 3.63) is 0 Å². The first kappa shape index (κ1) is 15.7. The van der Waals surface area contributed by atoms with Crippen LogP contribution in [0.3, 0.4) is 0 Å². The summed E-state index contributed by atoms with van der Waals surface area (Å²) in [6.45, 7) is 5.05. The summed E-state index contributed by atoms with van der Waals surface area (Å²) in [7, 11) is 6.05. The van der Waals surface area contributed by atoms with E-state index in [2.05, 4.69) is 29.2 Å². The van der Waals surface area contributed by atoms with Crippen molar-refractivity contribution in [3.8, 4) is 0 Å². The largest absolute Gasteiger partial charge is 0.343 e. The minimum absolute atomic E-state index is 0.130. The van der Waals surface area contributed by atoms with Gasteiger partial charge in [-0.2, -0.15) is 0 Å². The minimum atomic E-state index is 0.130. The average molecular weight is 282 g/mol. The Morgan fingerprint density at radius 1 is 1.15 bits per heavy atom. The van der Waals surface area contributed by atoms with Gasteiger partial charge in [0.2, 0.25) is 5.91 Å². The molecule has 2 saturated heterocycles. The molecule has 116 valence electrons. The van der Waals surface area contributed by atoms with E-state index >= 15 is 0 Å². The third kappa shape index (κ3) is 3.93. The first-order chi connectivity index (χ1) is 9.59. The highest BCUT2D eigenvalue weighted by molar-refractivity contribution is 5.82. The molecule has 0 aromatic carbocycles. The Hall–Kier alpha value is -0.650. The fraction of sp³-hybridized carbons (Fsp3) is 0.933. The van der Waals surface area contributed by atoms with Crippen LogP contribution in [0.4, 0.5) is 0 Å². The van der Waals surface area contributed by atoms with E-state index in [-0.39, 0.29) is 6.04 Å². The summed E-state index contributed by atoms with van der Waals surface area (Å²) >= 11 is 0. The normalized spacial score (nSPS) is 25.3. The summed E-state index contributed by atoms with van der Waals surface area (Å²) in [6.07, 6.45) is 4.58. The van der Waals surface area contributed by atoms with Gasteiger partial charge in [0.05, 0.1) is 6.04 Å². The lowest BCUT2D eigenvalue weighted by molar-refractivity contribution is -0.135. The zero-order valence-corrected chi connectivity index (χ0v) is 13.3. The van der Waals surface area contributed by atoms with Crippen LogP contribution < -0.4 is 5.32 Å². The van der Waals surface area contributed by atoms with Crippen molar-refractivity contribution in [2.75, 3.05) is 53.9 Å². The third-order valence-corrected chi connectivity index (χ3v) is 4.62. The summed E-state index contributed by atoms with van der Waals surface area (Å²) in [5, 5.41) is 3.41. The number of nitrogens with zero attached hydrogens (tertiary/aromatic N) is 3. The summed E-state index contributed by atoms with van der Waals surface area (Å²) in [5.41, 5.74) is 0. The maximum absolute atomic E-state index is 12.7. The molecule has 0 aliphatic carbocycles. The molecule has 20 heavy (non-hydrogen) atoms. The highest BCUT2D eigenvalue weighted by Gasteiger charge is 2.36. The van der Waals surface area contributed by atoms with E-state index in [1.165, 1.54) is 19.3 Å². The van der Waals surface area contributed by atoms with Crippen molar-refractivity contribution in [2.45, 2.75) is 37.8 Å². The molecule has 0 aromatic rings. The summed E-state index contributed by atoms with van der Waals surface area (Å²) in [6, 6.07) is 0.736. The topological polar surface area (TPSA) is 38.8 Å². The molecule has 5 heteroatoms. The Morgan fingerprint density at radius 2 is 1.85 bits per heavy atom. The zero-order chi connectivity index (χ0) is 14.5. The highest BCUT2D eigenvalue weighted by atomic mass is 16.2. The molecule has 2 aliphatic heterocycles. The Labute approximate surface area is 123 Å². The first-order valence-electron chi connectivity index (χ1n) is 7.95. The monoisotopic (exact) mass is 282 g/mol. The lowest BCUT2D eigenvalue weighted by Crippen LogP contribution is -2.51. The fourth-order valence-corrected chi connectivity index (χ4v) is 3.34. The number of hydrogen-bond donors (Lipinski definition) is 1. The first-order valence-corrected chi connectivity index (χ1v) is 7.95. The highest BCUT2D eigenvalue weighted by Crippen LogP contribution is 2.25. The molecule has 2 aliphatic rings. The fourth-order valence-electron chi connectivity index (χ4n) is 3.34. The van der Waals surface area contributed by atoms with Crippen LogP contribution in [0.1, 0.15) is 25.7 Å². The molecule has 2 fully saturated rings. The van der Waals surface area contributed by atoms with Gasteiger partial charge < -0.3 is 15.1 Å². The number of carbonyl (C=O) groups excluding carboxylic acids is 1. The molecule has 5 nitrogen and oxygen atoms in total. The number of nitrogens with one attached hydrogen (secondary N) is 1. The van der Waals surface area contributed by atoms with Gasteiger partial charge >= 0.3 is 0 Å². The number of rotatable bonds is 5. The third-order valence-electron chi connectivity index (χ3n) is 4.62. The Balaban J connectivity index is 1.90.